The smallest absolute Gasteiger partial charge is 0.320 e. The van der Waals surface area contributed by atoms with Crippen LogP contribution in [0.15, 0.2) is 29.3 Å². The van der Waals surface area contributed by atoms with E-state index in [0.29, 0.717) is 49.3 Å². The Bertz CT molecular complexity index is 968. The van der Waals surface area contributed by atoms with Gasteiger partial charge in [0.1, 0.15) is 17.5 Å². The molecule has 2 heterocycles. The standard InChI is InChI=1S/C23H29FN6O2/c24-18-3-1-2-16(10-18)21(31)28-6-8-29(9-7-28)22(32)30-13-23(14-30)11-17(12-23)20(26)27-19(25)15-4-5-15/h1-3,10,15,17H,4-9,11-14H2,(H3,25,26,27). The molecular weight excluding hydrogens is 411 g/mol. The normalized spacial score (nSPS) is 23.0. The van der Waals surface area contributed by atoms with Crippen LogP contribution < -0.4 is 5.73 Å². The minimum atomic E-state index is -0.427. The van der Waals surface area contributed by atoms with Crippen LogP contribution in [-0.2, 0) is 0 Å². The summed E-state index contributed by atoms with van der Waals surface area (Å²) in [5.41, 5.74) is 6.60. The van der Waals surface area contributed by atoms with Gasteiger partial charge in [0.2, 0.25) is 0 Å². The molecule has 4 fully saturated rings. The van der Waals surface area contributed by atoms with E-state index in [4.69, 9.17) is 11.1 Å². The predicted molar refractivity (Wildman–Crippen MR) is 118 cm³/mol. The molecule has 0 radical (unpaired) electrons. The van der Waals surface area contributed by atoms with Crippen LogP contribution in [0.25, 0.3) is 0 Å². The van der Waals surface area contributed by atoms with Crippen molar-refractivity contribution < 1.29 is 14.0 Å². The van der Waals surface area contributed by atoms with E-state index in [0.717, 1.165) is 38.8 Å². The van der Waals surface area contributed by atoms with Crippen molar-refractivity contribution in [3.63, 3.8) is 0 Å². The largest absolute Gasteiger partial charge is 0.387 e. The second-order valence-electron chi connectivity index (χ2n) is 9.73. The monoisotopic (exact) mass is 440 g/mol. The van der Waals surface area contributed by atoms with E-state index >= 15 is 0 Å². The van der Waals surface area contributed by atoms with Crippen molar-refractivity contribution in [2.75, 3.05) is 39.3 Å². The third kappa shape index (κ3) is 3.96. The lowest BCUT2D eigenvalue weighted by molar-refractivity contribution is -0.0599. The van der Waals surface area contributed by atoms with Crippen LogP contribution in [0.4, 0.5) is 9.18 Å². The Hall–Kier alpha value is -2.97. The van der Waals surface area contributed by atoms with Gasteiger partial charge >= 0.3 is 6.03 Å². The highest BCUT2D eigenvalue weighted by Crippen LogP contribution is 2.52. The van der Waals surface area contributed by atoms with E-state index < -0.39 is 5.82 Å². The zero-order chi connectivity index (χ0) is 22.5. The molecule has 4 aliphatic rings. The third-order valence-electron chi connectivity index (χ3n) is 7.22. The van der Waals surface area contributed by atoms with E-state index in [1.54, 1.807) is 15.9 Å². The van der Waals surface area contributed by atoms with Crippen LogP contribution in [-0.4, -0.2) is 77.6 Å². The number of halogens is 1. The Kier molecular flexibility index (Phi) is 5.14. The minimum Gasteiger partial charge on any atom is -0.387 e. The number of carbonyl (C=O) groups is 2. The highest BCUT2D eigenvalue weighted by Gasteiger charge is 2.55. The maximum Gasteiger partial charge on any atom is 0.320 e. The summed E-state index contributed by atoms with van der Waals surface area (Å²) in [5.74, 6) is 0.908. The molecule has 3 N–H and O–H groups in total. The number of hydrogen-bond acceptors (Lipinski definition) is 3. The van der Waals surface area contributed by atoms with Gasteiger partial charge in [0.05, 0.1) is 0 Å². The van der Waals surface area contributed by atoms with Crippen LogP contribution in [0, 0.1) is 28.5 Å². The number of nitrogens with two attached hydrogens (primary N) is 1. The van der Waals surface area contributed by atoms with Gasteiger partial charge in [-0.1, -0.05) is 6.07 Å². The van der Waals surface area contributed by atoms with E-state index in [9.17, 15) is 14.0 Å². The molecule has 9 heteroatoms. The van der Waals surface area contributed by atoms with Gasteiger partial charge in [0, 0.05) is 62.1 Å². The van der Waals surface area contributed by atoms with E-state index in [-0.39, 0.29) is 23.3 Å². The number of likely N-dealkylation sites (tertiary alicyclic amines) is 1. The lowest BCUT2D eigenvalue weighted by Gasteiger charge is -2.59. The predicted octanol–water partition coefficient (Wildman–Crippen LogP) is 2.16. The zero-order valence-corrected chi connectivity index (χ0v) is 18.1. The first-order chi connectivity index (χ1) is 15.3. The highest BCUT2D eigenvalue weighted by molar-refractivity contribution is 5.98. The summed E-state index contributed by atoms with van der Waals surface area (Å²) in [5, 5.41) is 7.92. The molecule has 5 rings (SSSR count). The van der Waals surface area contributed by atoms with Crippen molar-refractivity contribution in [3.8, 4) is 0 Å². The van der Waals surface area contributed by atoms with Gasteiger partial charge in [0.15, 0.2) is 0 Å². The van der Waals surface area contributed by atoms with Gasteiger partial charge in [0.25, 0.3) is 5.91 Å². The number of benzene rings is 1. The summed E-state index contributed by atoms with van der Waals surface area (Å²) in [6, 6.07) is 5.73. The average molecular weight is 441 g/mol. The number of rotatable bonds is 3. The van der Waals surface area contributed by atoms with Gasteiger partial charge < -0.3 is 20.4 Å². The topological polar surface area (TPSA) is 106 Å². The van der Waals surface area contributed by atoms with E-state index in [1.807, 2.05) is 4.90 Å². The quantitative estimate of drug-likeness (QED) is 0.556. The number of nitrogens with zero attached hydrogens (tertiary/aromatic N) is 4. The molecule has 2 saturated carbocycles. The first-order valence-electron chi connectivity index (χ1n) is 11.3. The molecule has 0 bridgehead atoms. The molecule has 0 aromatic heterocycles. The number of urea groups is 1. The highest BCUT2D eigenvalue weighted by atomic mass is 19.1. The van der Waals surface area contributed by atoms with E-state index in [2.05, 4.69) is 4.99 Å². The summed E-state index contributed by atoms with van der Waals surface area (Å²) in [6.07, 6.45) is 3.96. The Morgan fingerprint density at radius 2 is 1.69 bits per heavy atom. The fraction of sp³-hybridized carbons (Fsp3) is 0.565. The first-order valence-corrected chi connectivity index (χ1v) is 11.3. The van der Waals surface area contributed by atoms with Crippen LogP contribution in [0.5, 0.6) is 0 Å². The van der Waals surface area contributed by atoms with Crippen molar-refractivity contribution in [2.45, 2.75) is 25.7 Å². The summed E-state index contributed by atoms with van der Waals surface area (Å²) in [4.78, 5) is 35.1. The summed E-state index contributed by atoms with van der Waals surface area (Å²) >= 11 is 0. The molecule has 0 unspecified atom stereocenters. The van der Waals surface area contributed by atoms with Gasteiger partial charge in [-0.05, 0) is 43.9 Å². The molecule has 8 nitrogen and oxygen atoms in total. The Balaban J connectivity index is 1.07. The minimum absolute atomic E-state index is 0.0223. The van der Waals surface area contributed by atoms with Gasteiger partial charge in [-0.15, -0.1) is 0 Å². The number of carbonyl (C=O) groups excluding carboxylic acids is 2. The van der Waals surface area contributed by atoms with Crippen LogP contribution in [0.3, 0.4) is 0 Å². The van der Waals surface area contributed by atoms with Gasteiger partial charge in [-0.25, -0.2) is 14.2 Å². The summed E-state index contributed by atoms with van der Waals surface area (Å²) < 4.78 is 13.4. The van der Waals surface area contributed by atoms with Crippen molar-refractivity contribution in [2.24, 2.45) is 28.0 Å². The van der Waals surface area contributed by atoms with Crippen LogP contribution >= 0.6 is 0 Å². The summed E-state index contributed by atoms with van der Waals surface area (Å²) in [7, 11) is 0. The van der Waals surface area contributed by atoms with Crippen molar-refractivity contribution in [3.05, 3.63) is 35.6 Å². The number of amides is 3. The molecule has 32 heavy (non-hydrogen) atoms. The lowest BCUT2D eigenvalue weighted by atomic mass is 9.57. The first kappa shape index (κ1) is 20.9. The van der Waals surface area contributed by atoms with Crippen molar-refractivity contribution in [1.82, 2.24) is 14.7 Å². The Labute approximate surface area is 186 Å². The molecule has 2 aliphatic carbocycles. The van der Waals surface area contributed by atoms with Gasteiger partial charge in [-0.2, -0.15) is 0 Å². The maximum atomic E-state index is 13.4. The lowest BCUT2D eigenvalue weighted by Crippen LogP contribution is -2.67. The van der Waals surface area contributed by atoms with Crippen LogP contribution in [0.1, 0.15) is 36.0 Å². The average Bonchev–Trinajstić information content (AvgIpc) is 3.56. The molecule has 170 valence electrons. The van der Waals surface area contributed by atoms with Gasteiger partial charge in [-0.3, -0.25) is 10.2 Å². The zero-order valence-electron chi connectivity index (χ0n) is 18.1. The maximum absolute atomic E-state index is 13.4. The molecule has 2 saturated heterocycles. The fourth-order valence-corrected chi connectivity index (χ4v) is 5.13. The number of aliphatic imine (C=N–C) groups is 1. The number of nitrogens with one attached hydrogen (secondary N) is 1. The molecule has 3 amide bonds. The molecule has 2 aliphatic heterocycles. The fourth-order valence-electron chi connectivity index (χ4n) is 5.13. The van der Waals surface area contributed by atoms with E-state index in [1.165, 1.54) is 18.2 Å². The van der Waals surface area contributed by atoms with Crippen molar-refractivity contribution in [1.29, 1.82) is 5.41 Å². The molecular formula is C23H29FN6O2. The molecule has 1 aromatic carbocycles. The Morgan fingerprint density at radius 3 is 2.31 bits per heavy atom. The molecule has 1 aromatic rings. The Morgan fingerprint density at radius 1 is 1.03 bits per heavy atom. The van der Waals surface area contributed by atoms with Crippen molar-refractivity contribution >= 4 is 23.6 Å². The number of hydrogen-bond donors (Lipinski definition) is 2. The van der Waals surface area contributed by atoms with Crippen LogP contribution in [0.2, 0.25) is 0 Å². The third-order valence-corrected chi connectivity index (χ3v) is 7.22. The number of amidine groups is 2. The second-order valence-corrected chi connectivity index (χ2v) is 9.73. The molecule has 0 atom stereocenters. The molecule has 1 spiro atoms. The second kappa shape index (κ2) is 7.86. The number of piperazine rings is 1. The summed E-state index contributed by atoms with van der Waals surface area (Å²) in [6.45, 7) is 3.32. The SMILES string of the molecule is N=C(N=C(N)C1CC2(C1)CN(C(=O)N1CCN(C(=O)c3cccc(F)c3)CC1)C2)C1CC1.